The topological polar surface area (TPSA) is 69.9 Å². The Hall–Kier alpha value is -2.24. The van der Waals surface area contributed by atoms with Gasteiger partial charge in [-0.25, -0.2) is 4.68 Å². The summed E-state index contributed by atoms with van der Waals surface area (Å²) in [7, 11) is 0. The van der Waals surface area contributed by atoms with Gasteiger partial charge in [-0.15, -0.1) is 0 Å². The zero-order valence-electron chi connectivity index (χ0n) is 14.6. The second-order valence-corrected chi connectivity index (χ2v) is 7.31. The number of aromatic nitrogens is 2. The molecule has 3 aromatic rings. The summed E-state index contributed by atoms with van der Waals surface area (Å²) in [5, 5.41) is 10.5. The van der Waals surface area contributed by atoms with Gasteiger partial charge in [-0.1, -0.05) is 26.0 Å². The highest BCUT2D eigenvalue weighted by Crippen LogP contribution is 2.26. The summed E-state index contributed by atoms with van der Waals surface area (Å²) < 4.78 is 2.01. The third-order valence-electron chi connectivity index (χ3n) is 4.16. The van der Waals surface area contributed by atoms with Gasteiger partial charge in [0.05, 0.1) is 17.1 Å². The van der Waals surface area contributed by atoms with Crippen molar-refractivity contribution in [3.05, 3.63) is 60.3 Å². The lowest BCUT2D eigenvalue weighted by Crippen LogP contribution is -2.00. The Labute approximate surface area is 153 Å². The van der Waals surface area contributed by atoms with Gasteiger partial charge < -0.3 is 5.73 Å². The van der Waals surface area contributed by atoms with Gasteiger partial charge >= 0.3 is 0 Å². The average molecular weight is 353 g/mol. The molecule has 130 valence electrons. The lowest BCUT2D eigenvalue weighted by molar-refractivity contribution is 0.579. The Bertz CT molecular complexity index is 820. The Morgan fingerprint density at radius 3 is 2.32 bits per heavy atom. The number of hydrogen-bond acceptors (Lipinski definition) is 4. The van der Waals surface area contributed by atoms with Crippen molar-refractivity contribution < 1.29 is 0 Å². The number of hydrogen-bond donors (Lipinski definition) is 2. The van der Waals surface area contributed by atoms with Crippen LogP contribution in [0.2, 0.25) is 0 Å². The molecule has 0 spiro atoms. The minimum atomic E-state index is 0.658. The molecule has 0 amide bonds. The molecular weight excluding hydrogens is 328 g/mol. The molecule has 0 atom stereocenters. The van der Waals surface area contributed by atoms with Gasteiger partial charge in [0.2, 0.25) is 0 Å². The fourth-order valence-corrected chi connectivity index (χ4v) is 3.00. The standard InChI is InChI=1S/C20H24N4S/c1-14(2)3-8-17-13-20(15-4-6-16(21)7-5-15)24(23-17)18-9-11-19(25-22)12-10-18/h4-7,9-14H,3,8,21-22H2,1-2H3. The van der Waals surface area contributed by atoms with Crippen LogP contribution >= 0.6 is 11.9 Å². The Kier molecular flexibility index (Phi) is 5.46. The van der Waals surface area contributed by atoms with E-state index in [0.29, 0.717) is 5.92 Å². The molecule has 5 heteroatoms. The molecule has 4 N–H and O–H groups in total. The highest BCUT2D eigenvalue weighted by Gasteiger charge is 2.12. The van der Waals surface area contributed by atoms with Crippen molar-refractivity contribution in [3.8, 4) is 16.9 Å². The second kappa shape index (κ2) is 7.76. The quantitative estimate of drug-likeness (QED) is 0.499. The molecule has 1 heterocycles. The van der Waals surface area contributed by atoms with E-state index in [1.165, 1.54) is 11.9 Å². The molecule has 2 aromatic carbocycles. The molecule has 0 saturated heterocycles. The van der Waals surface area contributed by atoms with Gasteiger partial charge in [-0.3, -0.25) is 5.14 Å². The molecule has 0 bridgehead atoms. The van der Waals surface area contributed by atoms with E-state index in [1.807, 2.05) is 41.1 Å². The molecule has 1 aromatic heterocycles. The molecule has 0 radical (unpaired) electrons. The summed E-state index contributed by atoms with van der Waals surface area (Å²) in [6.45, 7) is 4.47. The predicted molar refractivity (Wildman–Crippen MR) is 107 cm³/mol. The van der Waals surface area contributed by atoms with Crippen LogP contribution in [0, 0.1) is 5.92 Å². The average Bonchev–Trinajstić information content (AvgIpc) is 3.05. The van der Waals surface area contributed by atoms with Crippen molar-refractivity contribution >= 4 is 17.6 Å². The normalized spacial score (nSPS) is 11.2. The monoisotopic (exact) mass is 352 g/mol. The van der Waals surface area contributed by atoms with Gasteiger partial charge in [-0.2, -0.15) is 5.10 Å². The van der Waals surface area contributed by atoms with Crippen LogP contribution in [0.15, 0.2) is 59.5 Å². The van der Waals surface area contributed by atoms with Crippen LogP contribution in [0.3, 0.4) is 0 Å². The molecule has 0 unspecified atom stereocenters. The number of nitrogen functional groups attached to an aromatic ring is 1. The first kappa shape index (κ1) is 17.6. The Balaban J connectivity index is 2.02. The van der Waals surface area contributed by atoms with Crippen molar-refractivity contribution in [2.75, 3.05) is 5.73 Å². The number of nitrogens with zero attached hydrogens (tertiary/aromatic N) is 2. The van der Waals surface area contributed by atoms with E-state index in [1.54, 1.807) is 0 Å². The maximum absolute atomic E-state index is 5.84. The van der Waals surface area contributed by atoms with Gasteiger partial charge in [0.15, 0.2) is 0 Å². The highest BCUT2D eigenvalue weighted by atomic mass is 32.2. The molecule has 0 aliphatic carbocycles. The Morgan fingerprint density at radius 1 is 1.04 bits per heavy atom. The van der Waals surface area contributed by atoms with Gasteiger partial charge in [0, 0.05) is 16.1 Å². The highest BCUT2D eigenvalue weighted by molar-refractivity contribution is 7.97. The van der Waals surface area contributed by atoms with E-state index in [9.17, 15) is 0 Å². The maximum Gasteiger partial charge on any atom is 0.0743 e. The molecular formula is C20H24N4S. The first-order valence-electron chi connectivity index (χ1n) is 8.49. The lowest BCUT2D eigenvalue weighted by atomic mass is 10.1. The fourth-order valence-electron chi connectivity index (χ4n) is 2.71. The SMILES string of the molecule is CC(C)CCc1cc(-c2ccc(N)cc2)n(-c2ccc(SN)cc2)n1. The van der Waals surface area contributed by atoms with Crippen molar-refractivity contribution in [1.29, 1.82) is 0 Å². The summed E-state index contributed by atoms with van der Waals surface area (Å²) in [6.07, 6.45) is 2.10. The largest absolute Gasteiger partial charge is 0.399 e. The van der Waals surface area contributed by atoms with Crippen molar-refractivity contribution in [2.45, 2.75) is 31.6 Å². The number of anilines is 1. The summed E-state index contributed by atoms with van der Waals surface area (Å²) in [4.78, 5) is 1.03. The zero-order valence-corrected chi connectivity index (χ0v) is 15.5. The van der Waals surface area contributed by atoms with E-state index in [2.05, 4.69) is 32.0 Å². The second-order valence-electron chi connectivity index (χ2n) is 6.60. The van der Waals surface area contributed by atoms with Crippen LogP contribution < -0.4 is 10.9 Å². The number of benzene rings is 2. The van der Waals surface area contributed by atoms with E-state index in [0.717, 1.165) is 46.1 Å². The fraction of sp³-hybridized carbons (Fsp3) is 0.250. The molecule has 0 saturated carbocycles. The number of rotatable bonds is 6. The van der Waals surface area contributed by atoms with E-state index in [-0.39, 0.29) is 0 Å². The summed E-state index contributed by atoms with van der Waals surface area (Å²) in [5.74, 6) is 0.658. The van der Waals surface area contributed by atoms with Gasteiger partial charge in [0.1, 0.15) is 0 Å². The molecule has 25 heavy (non-hydrogen) atoms. The smallest absolute Gasteiger partial charge is 0.0743 e. The van der Waals surface area contributed by atoms with Crippen LogP contribution in [0.4, 0.5) is 5.69 Å². The Morgan fingerprint density at radius 2 is 1.72 bits per heavy atom. The molecule has 0 aliphatic heterocycles. The summed E-state index contributed by atoms with van der Waals surface area (Å²) in [6, 6.07) is 18.2. The minimum Gasteiger partial charge on any atom is -0.399 e. The van der Waals surface area contributed by atoms with E-state index >= 15 is 0 Å². The molecule has 4 nitrogen and oxygen atoms in total. The van der Waals surface area contributed by atoms with E-state index in [4.69, 9.17) is 16.0 Å². The van der Waals surface area contributed by atoms with Gasteiger partial charge in [0.25, 0.3) is 0 Å². The molecule has 3 rings (SSSR count). The maximum atomic E-state index is 5.84. The van der Waals surface area contributed by atoms with Crippen molar-refractivity contribution in [1.82, 2.24) is 9.78 Å². The van der Waals surface area contributed by atoms with Crippen LogP contribution in [0.25, 0.3) is 16.9 Å². The van der Waals surface area contributed by atoms with Crippen molar-refractivity contribution in [3.63, 3.8) is 0 Å². The summed E-state index contributed by atoms with van der Waals surface area (Å²) in [5.41, 5.74) is 10.9. The number of aryl methyl sites for hydroxylation is 1. The lowest BCUT2D eigenvalue weighted by Gasteiger charge is -2.08. The first-order valence-corrected chi connectivity index (χ1v) is 9.37. The minimum absolute atomic E-state index is 0.658. The van der Waals surface area contributed by atoms with E-state index < -0.39 is 0 Å². The van der Waals surface area contributed by atoms with Crippen LogP contribution in [-0.4, -0.2) is 9.78 Å². The first-order chi connectivity index (χ1) is 12.1. The third kappa shape index (κ3) is 4.24. The van der Waals surface area contributed by atoms with Crippen LogP contribution in [-0.2, 0) is 6.42 Å². The zero-order chi connectivity index (χ0) is 17.8. The molecule has 0 fully saturated rings. The number of nitrogens with two attached hydrogens (primary N) is 2. The molecule has 0 aliphatic rings. The van der Waals surface area contributed by atoms with Gasteiger partial charge in [-0.05, 0) is 73.2 Å². The van der Waals surface area contributed by atoms with Crippen LogP contribution in [0.1, 0.15) is 26.0 Å². The third-order valence-corrected chi connectivity index (χ3v) is 4.71. The van der Waals surface area contributed by atoms with Crippen LogP contribution in [0.5, 0.6) is 0 Å². The van der Waals surface area contributed by atoms with Crippen molar-refractivity contribution in [2.24, 2.45) is 11.1 Å². The predicted octanol–water partition coefficient (Wildman–Crippen LogP) is 4.68. The summed E-state index contributed by atoms with van der Waals surface area (Å²) >= 11 is 1.25.